The van der Waals surface area contributed by atoms with E-state index in [0.29, 0.717) is 5.56 Å². The third-order valence-corrected chi connectivity index (χ3v) is 2.72. The zero-order valence-corrected chi connectivity index (χ0v) is 9.29. The number of phenolic OH excluding ortho intramolecular Hbond substituents is 1. The summed E-state index contributed by atoms with van der Waals surface area (Å²) < 4.78 is 13.1. The molecule has 0 atom stereocenters. The maximum Gasteiger partial charge on any atom is 0.127 e. The molecule has 16 heavy (non-hydrogen) atoms. The Labute approximate surface area is 94.2 Å². The third-order valence-electron chi connectivity index (χ3n) is 2.72. The van der Waals surface area contributed by atoms with E-state index in [1.807, 2.05) is 32.0 Å². The minimum absolute atomic E-state index is 0.0479. The molecular formula is C14H13FO. The summed E-state index contributed by atoms with van der Waals surface area (Å²) in [5.41, 5.74) is 3.96. The van der Waals surface area contributed by atoms with Gasteiger partial charge in [-0.15, -0.1) is 0 Å². The molecule has 1 N–H and O–H groups in total. The van der Waals surface area contributed by atoms with Crippen molar-refractivity contribution in [2.24, 2.45) is 0 Å². The fourth-order valence-corrected chi connectivity index (χ4v) is 1.66. The number of aromatic hydroxyl groups is 1. The maximum atomic E-state index is 13.1. The Hall–Kier alpha value is -1.83. The van der Waals surface area contributed by atoms with Gasteiger partial charge in [-0.2, -0.15) is 0 Å². The molecule has 0 unspecified atom stereocenters. The average molecular weight is 216 g/mol. The second-order valence-corrected chi connectivity index (χ2v) is 4.00. The minimum atomic E-state index is -0.423. The van der Waals surface area contributed by atoms with Crippen LogP contribution in [-0.2, 0) is 0 Å². The monoisotopic (exact) mass is 216 g/mol. The van der Waals surface area contributed by atoms with Crippen molar-refractivity contribution in [3.8, 4) is 16.9 Å². The van der Waals surface area contributed by atoms with E-state index < -0.39 is 5.82 Å². The molecule has 1 nitrogen and oxygen atoms in total. The van der Waals surface area contributed by atoms with Crippen LogP contribution in [0.1, 0.15) is 11.1 Å². The molecule has 82 valence electrons. The molecule has 2 rings (SSSR count). The summed E-state index contributed by atoms with van der Waals surface area (Å²) in [5, 5.41) is 9.34. The summed E-state index contributed by atoms with van der Waals surface area (Å²) in [6.07, 6.45) is 0. The van der Waals surface area contributed by atoms with Crippen molar-refractivity contribution in [1.82, 2.24) is 0 Å². The van der Waals surface area contributed by atoms with Crippen LogP contribution in [0.5, 0.6) is 5.75 Å². The van der Waals surface area contributed by atoms with E-state index in [9.17, 15) is 9.50 Å². The van der Waals surface area contributed by atoms with Crippen LogP contribution in [0.2, 0.25) is 0 Å². The van der Waals surface area contributed by atoms with Gasteiger partial charge in [-0.25, -0.2) is 4.39 Å². The Morgan fingerprint density at radius 1 is 0.875 bits per heavy atom. The topological polar surface area (TPSA) is 20.2 Å². The van der Waals surface area contributed by atoms with Gasteiger partial charge in [-0.1, -0.05) is 18.2 Å². The van der Waals surface area contributed by atoms with Gasteiger partial charge in [0, 0.05) is 6.07 Å². The second kappa shape index (κ2) is 3.97. The lowest BCUT2D eigenvalue weighted by Crippen LogP contribution is -1.84. The molecule has 0 amide bonds. The predicted octanol–water partition coefficient (Wildman–Crippen LogP) is 3.82. The van der Waals surface area contributed by atoms with Crippen molar-refractivity contribution in [1.29, 1.82) is 0 Å². The van der Waals surface area contributed by atoms with Crippen molar-refractivity contribution in [2.75, 3.05) is 0 Å². The van der Waals surface area contributed by atoms with E-state index in [-0.39, 0.29) is 5.75 Å². The number of halogens is 1. The largest absolute Gasteiger partial charge is 0.508 e. The molecule has 0 aliphatic heterocycles. The van der Waals surface area contributed by atoms with Crippen LogP contribution < -0.4 is 0 Å². The highest BCUT2D eigenvalue weighted by molar-refractivity contribution is 5.66. The van der Waals surface area contributed by atoms with E-state index >= 15 is 0 Å². The highest BCUT2D eigenvalue weighted by atomic mass is 19.1. The molecule has 0 fully saturated rings. The van der Waals surface area contributed by atoms with E-state index in [0.717, 1.165) is 17.2 Å². The van der Waals surface area contributed by atoms with Crippen LogP contribution in [0.4, 0.5) is 4.39 Å². The Balaban J connectivity index is 2.54. The van der Waals surface area contributed by atoms with E-state index in [4.69, 9.17) is 0 Å². The first-order valence-electron chi connectivity index (χ1n) is 5.13. The number of aryl methyl sites for hydroxylation is 2. The maximum absolute atomic E-state index is 13.1. The van der Waals surface area contributed by atoms with Gasteiger partial charge < -0.3 is 5.11 Å². The average Bonchev–Trinajstić information content (AvgIpc) is 2.20. The fraction of sp³-hybridized carbons (Fsp3) is 0.143. The number of benzene rings is 2. The van der Waals surface area contributed by atoms with E-state index in [1.54, 1.807) is 6.07 Å². The zero-order chi connectivity index (χ0) is 11.7. The number of phenols is 1. The molecule has 0 bridgehead atoms. The van der Waals surface area contributed by atoms with Gasteiger partial charge in [0.15, 0.2) is 0 Å². The lowest BCUT2D eigenvalue weighted by Gasteiger charge is -2.06. The predicted molar refractivity (Wildman–Crippen MR) is 63.0 cm³/mol. The van der Waals surface area contributed by atoms with Gasteiger partial charge in [-0.3, -0.25) is 0 Å². The minimum Gasteiger partial charge on any atom is -0.508 e. The molecule has 0 saturated carbocycles. The second-order valence-electron chi connectivity index (χ2n) is 4.00. The molecule has 0 aliphatic carbocycles. The first-order valence-corrected chi connectivity index (χ1v) is 5.13. The summed E-state index contributed by atoms with van der Waals surface area (Å²) in [6, 6.07) is 9.99. The number of hydrogen-bond donors (Lipinski definition) is 1. The molecule has 2 aromatic rings. The van der Waals surface area contributed by atoms with E-state index in [2.05, 4.69) is 0 Å². The van der Waals surface area contributed by atoms with E-state index in [1.165, 1.54) is 11.6 Å². The molecule has 0 spiro atoms. The number of rotatable bonds is 1. The molecule has 2 aromatic carbocycles. The summed E-state index contributed by atoms with van der Waals surface area (Å²) in [5.74, 6) is -0.471. The number of hydrogen-bond acceptors (Lipinski definition) is 1. The molecule has 0 aliphatic rings. The Morgan fingerprint density at radius 3 is 2.25 bits per heavy atom. The van der Waals surface area contributed by atoms with Crippen LogP contribution in [0, 0.1) is 19.7 Å². The summed E-state index contributed by atoms with van der Waals surface area (Å²) in [4.78, 5) is 0. The van der Waals surface area contributed by atoms with Crippen LogP contribution in [0.15, 0.2) is 36.4 Å². The summed E-state index contributed by atoms with van der Waals surface area (Å²) in [6.45, 7) is 4.04. The zero-order valence-electron chi connectivity index (χ0n) is 9.29. The summed E-state index contributed by atoms with van der Waals surface area (Å²) in [7, 11) is 0. The molecule has 0 radical (unpaired) electrons. The smallest absolute Gasteiger partial charge is 0.127 e. The van der Waals surface area contributed by atoms with Crippen LogP contribution in [0.3, 0.4) is 0 Å². The van der Waals surface area contributed by atoms with Crippen LogP contribution >= 0.6 is 0 Å². The van der Waals surface area contributed by atoms with Crippen molar-refractivity contribution in [2.45, 2.75) is 13.8 Å². The van der Waals surface area contributed by atoms with Gasteiger partial charge >= 0.3 is 0 Å². The molecule has 0 saturated heterocycles. The van der Waals surface area contributed by atoms with Gasteiger partial charge in [0.1, 0.15) is 11.6 Å². The Morgan fingerprint density at radius 2 is 1.62 bits per heavy atom. The normalized spacial score (nSPS) is 10.4. The SMILES string of the molecule is Cc1ccc(-c2cc(O)cc(F)c2)cc1C. The standard InChI is InChI=1S/C14H13FO/c1-9-3-4-11(5-10(9)2)12-6-13(15)8-14(16)7-12/h3-8,16H,1-2H3. The Kier molecular flexibility index (Phi) is 2.65. The lowest BCUT2D eigenvalue weighted by atomic mass is 10.0. The van der Waals surface area contributed by atoms with Crippen LogP contribution in [0.25, 0.3) is 11.1 Å². The van der Waals surface area contributed by atoms with Gasteiger partial charge in [0.2, 0.25) is 0 Å². The van der Waals surface area contributed by atoms with Crippen molar-refractivity contribution in [3.05, 3.63) is 53.3 Å². The van der Waals surface area contributed by atoms with Crippen LogP contribution in [-0.4, -0.2) is 5.11 Å². The molecule has 0 heterocycles. The quantitative estimate of drug-likeness (QED) is 0.768. The fourth-order valence-electron chi connectivity index (χ4n) is 1.66. The third kappa shape index (κ3) is 2.06. The van der Waals surface area contributed by atoms with Gasteiger partial charge in [0.05, 0.1) is 0 Å². The van der Waals surface area contributed by atoms with Gasteiger partial charge in [0.25, 0.3) is 0 Å². The van der Waals surface area contributed by atoms with Crippen molar-refractivity contribution in [3.63, 3.8) is 0 Å². The highest BCUT2D eigenvalue weighted by Crippen LogP contribution is 2.26. The summed E-state index contributed by atoms with van der Waals surface area (Å²) >= 11 is 0. The van der Waals surface area contributed by atoms with Gasteiger partial charge in [-0.05, 0) is 48.2 Å². The molecule has 0 aromatic heterocycles. The molecule has 2 heteroatoms. The van der Waals surface area contributed by atoms with Crippen molar-refractivity contribution >= 4 is 0 Å². The molecular weight excluding hydrogens is 203 g/mol. The van der Waals surface area contributed by atoms with Crippen molar-refractivity contribution < 1.29 is 9.50 Å². The Bertz CT molecular complexity index is 512. The first kappa shape index (κ1) is 10.7. The first-order chi connectivity index (χ1) is 7.56. The highest BCUT2D eigenvalue weighted by Gasteiger charge is 2.03. The lowest BCUT2D eigenvalue weighted by molar-refractivity contribution is 0.469.